The third kappa shape index (κ3) is 4.08. The number of carbonyl (C=O) groups excluding carboxylic acids is 2. The smallest absolute Gasteiger partial charge is 0.328 e. The van der Waals surface area contributed by atoms with Gasteiger partial charge in [0.25, 0.3) is 11.8 Å². The number of amides is 2. The van der Waals surface area contributed by atoms with Gasteiger partial charge in [-0.2, -0.15) is 10.2 Å². The van der Waals surface area contributed by atoms with Gasteiger partial charge in [0.1, 0.15) is 17.4 Å². The van der Waals surface area contributed by atoms with Crippen molar-refractivity contribution in [1.82, 2.24) is 24.9 Å². The van der Waals surface area contributed by atoms with E-state index in [-0.39, 0.29) is 28.9 Å². The van der Waals surface area contributed by atoms with Crippen molar-refractivity contribution in [3.05, 3.63) is 29.8 Å². The molecule has 0 spiro atoms. The summed E-state index contributed by atoms with van der Waals surface area (Å²) in [6.07, 6.45) is 2.71. The van der Waals surface area contributed by atoms with E-state index >= 15 is 0 Å². The lowest BCUT2D eigenvalue weighted by molar-refractivity contribution is -0.140. The van der Waals surface area contributed by atoms with E-state index in [9.17, 15) is 14.4 Å². The monoisotopic (exact) mass is 362 g/mol. The average molecular weight is 362 g/mol. The molecule has 0 aliphatic rings. The largest absolute Gasteiger partial charge is 0.480 e. The minimum Gasteiger partial charge on any atom is -0.480 e. The summed E-state index contributed by atoms with van der Waals surface area (Å²) in [7, 11) is 1.59. The van der Waals surface area contributed by atoms with Gasteiger partial charge in [-0.25, -0.2) is 9.48 Å². The second kappa shape index (κ2) is 7.81. The Bertz CT molecular complexity index is 823. The number of anilines is 1. The Labute approximate surface area is 150 Å². The number of aliphatic carboxylic acids is 1. The highest BCUT2D eigenvalue weighted by molar-refractivity contribution is 6.07. The standard InChI is InChI=1S/C16H22N6O4/c1-9(2)7-17-15(24)13-11(8-19-21(13)4)20-14(23)12-5-6-18-22(12)10(3)16(25)26/h5-6,8-10H,7H2,1-4H3,(H,17,24)(H,20,23)(H,25,26). The van der Waals surface area contributed by atoms with E-state index in [1.54, 1.807) is 7.05 Å². The fourth-order valence-corrected chi connectivity index (χ4v) is 2.27. The molecule has 0 aliphatic heterocycles. The van der Waals surface area contributed by atoms with Crippen LogP contribution in [0.5, 0.6) is 0 Å². The quantitative estimate of drug-likeness (QED) is 0.671. The zero-order chi connectivity index (χ0) is 19.4. The van der Waals surface area contributed by atoms with Crippen LogP contribution in [0.15, 0.2) is 18.5 Å². The molecule has 2 heterocycles. The van der Waals surface area contributed by atoms with Crippen molar-refractivity contribution in [3.63, 3.8) is 0 Å². The molecule has 0 aliphatic carbocycles. The highest BCUT2D eigenvalue weighted by atomic mass is 16.4. The van der Waals surface area contributed by atoms with E-state index in [2.05, 4.69) is 20.8 Å². The topological polar surface area (TPSA) is 131 Å². The predicted octanol–water partition coefficient (Wildman–Crippen LogP) is 0.900. The van der Waals surface area contributed by atoms with Gasteiger partial charge in [0.2, 0.25) is 0 Å². The summed E-state index contributed by atoms with van der Waals surface area (Å²) < 4.78 is 2.47. The molecule has 0 bridgehead atoms. The highest BCUT2D eigenvalue weighted by Gasteiger charge is 2.24. The van der Waals surface area contributed by atoms with E-state index in [1.807, 2.05) is 13.8 Å². The fourth-order valence-electron chi connectivity index (χ4n) is 2.27. The normalized spacial score (nSPS) is 12.0. The lowest BCUT2D eigenvalue weighted by Gasteiger charge is -2.12. The first-order valence-electron chi connectivity index (χ1n) is 8.10. The number of hydrogen-bond acceptors (Lipinski definition) is 5. The zero-order valence-electron chi connectivity index (χ0n) is 15.1. The summed E-state index contributed by atoms with van der Waals surface area (Å²) in [4.78, 5) is 36.1. The molecule has 26 heavy (non-hydrogen) atoms. The van der Waals surface area contributed by atoms with E-state index in [4.69, 9.17) is 5.11 Å². The number of carbonyl (C=O) groups is 3. The van der Waals surface area contributed by atoms with Gasteiger partial charge in [0.15, 0.2) is 0 Å². The van der Waals surface area contributed by atoms with Crippen molar-refractivity contribution in [3.8, 4) is 0 Å². The van der Waals surface area contributed by atoms with Crippen LogP contribution in [0.25, 0.3) is 0 Å². The van der Waals surface area contributed by atoms with E-state index in [0.29, 0.717) is 6.54 Å². The molecule has 0 fully saturated rings. The third-order valence-corrected chi connectivity index (χ3v) is 3.70. The SMILES string of the molecule is CC(C)CNC(=O)c1c(NC(=O)c2ccnn2C(C)C(=O)O)cnn1C. The molecule has 2 amide bonds. The molecule has 3 N–H and O–H groups in total. The van der Waals surface area contributed by atoms with Crippen molar-refractivity contribution in [1.29, 1.82) is 0 Å². The zero-order valence-corrected chi connectivity index (χ0v) is 15.1. The van der Waals surface area contributed by atoms with Gasteiger partial charge in [-0.1, -0.05) is 13.8 Å². The molecule has 1 atom stereocenters. The van der Waals surface area contributed by atoms with E-state index < -0.39 is 17.9 Å². The van der Waals surface area contributed by atoms with Crippen LogP contribution in [0.1, 0.15) is 47.8 Å². The van der Waals surface area contributed by atoms with Crippen LogP contribution in [-0.2, 0) is 11.8 Å². The van der Waals surface area contributed by atoms with Crippen LogP contribution in [0.2, 0.25) is 0 Å². The molecule has 2 rings (SSSR count). The van der Waals surface area contributed by atoms with Gasteiger partial charge in [-0.3, -0.25) is 14.3 Å². The molecule has 0 radical (unpaired) electrons. The minimum atomic E-state index is -1.11. The van der Waals surface area contributed by atoms with Gasteiger partial charge in [0.05, 0.1) is 11.9 Å². The van der Waals surface area contributed by atoms with E-state index in [0.717, 1.165) is 4.68 Å². The Kier molecular flexibility index (Phi) is 5.75. The molecule has 2 aromatic heterocycles. The summed E-state index contributed by atoms with van der Waals surface area (Å²) in [6.45, 7) is 5.84. The molecule has 1 unspecified atom stereocenters. The number of aryl methyl sites for hydroxylation is 1. The van der Waals surface area contributed by atoms with Crippen molar-refractivity contribution < 1.29 is 19.5 Å². The lowest BCUT2D eigenvalue weighted by atomic mass is 10.2. The second-order valence-corrected chi connectivity index (χ2v) is 6.26. The Hall–Kier alpha value is -3.17. The summed E-state index contributed by atoms with van der Waals surface area (Å²) in [5, 5.41) is 22.4. The predicted molar refractivity (Wildman–Crippen MR) is 92.9 cm³/mol. The van der Waals surface area contributed by atoms with Gasteiger partial charge >= 0.3 is 5.97 Å². The van der Waals surface area contributed by atoms with Gasteiger partial charge in [-0.15, -0.1) is 0 Å². The van der Waals surface area contributed by atoms with Crippen LogP contribution in [0.4, 0.5) is 5.69 Å². The molecular weight excluding hydrogens is 340 g/mol. The van der Waals surface area contributed by atoms with E-state index in [1.165, 1.54) is 30.1 Å². The third-order valence-electron chi connectivity index (χ3n) is 3.70. The first kappa shape index (κ1) is 19.2. The van der Waals surface area contributed by atoms with Gasteiger partial charge in [0, 0.05) is 19.8 Å². The maximum absolute atomic E-state index is 12.5. The van der Waals surface area contributed by atoms with Crippen LogP contribution in [0.3, 0.4) is 0 Å². The molecule has 0 saturated carbocycles. The Morgan fingerprint density at radius 1 is 1.19 bits per heavy atom. The number of hydrogen-bond donors (Lipinski definition) is 3. The first-order chi connectivity index (χ1) is 12.2. The molecule has 10 heteroatoms. The van der Waals surface area contributed by atoms with Crippen LogP contribution in [0, 0.1) is 5.92 Å². The van der Waals surface area contributed by atoms with Crippen molar-refractivity contribution >= 4 is 23.5 Å². The Balaban J connectivity index is 2.22. The minimum absolute atomic E-state index is 0.0669. The number of aromatic nitrogens is 4. The molecular formula is C16H22N6O4. The summed E-state index contributed by atoms with van der Waals surface area (Å²) in [6, 6.07) is 0.400. The Morgan fingerprint density at radius 3 is 2.50 bits per heavy atom. The summed E-state index contributed by atoms with van der Waals surface area (Å²) in [5.41, 5.74) is 0.503. The number of rotatable bonds is 7. The van der Waals surface area contributed by atoms with Gasteiger partial charge < -0.3 is 15.7 Å². The van der Waals surface area contributed by atoms with Crippen LogP contribution in [-0.4, -0.2) is 49.0 Å². The van der Waals surface area contributed by atoms with Crippen molar-refractivity contribution in [2.75, 3.05) is 11.9 Å². The number of carboxylic acids is 1. The molecule has 10 nitrogen and oxygen atoms in total. The Morgan fingerprint density at radius 2 is 1.88 bits per heavy atom. The van der Waals surface area contributed by atoms with Crippen molar-refractivity contribution in [2.24, 2.45) is 13.0 Å². The first-order valence-corrected chi connectivity index (χ1v) is 8.10. The maximum atomic E-state index is 12.5. The second-order valence-electron chi connectivity index (χ2n) is 6.26. The highest BCUT2D eigenvalue weighted by Crippen LogP contribution is 2.17. The number of carboxylic acid groups (broad SMARTS) is 1. The molecule has 2 aromatic rings. The maximum Gasteiger partial charge on any atom is 0.328 e. The average Bonchev–Trinajstić information content (AvgIpc) is 3.19. The fraction of sp³-hybridized carbons (Fsp3) is 0.438. The van der Waals surface area contributed by atoms with Crippen LogP contribution >= 0.6 is 0 Å². The molecule has 0 saturated heterocycles. The summed E-state index contributed by atoms with van der Waals surface area (Å²) >= 11 is 0. The summed E-state index contributed by atoms with van der Waals surface area (Å²) in [5.74, 6) is -1.78. The van der Waals surface area contributed by atoms with Crippen molar-refractivity contribution in [2.45, 2.75) is 26.8 Å². The molecule has 140 valence electrons. The molecule has 0 aromatic carbocycles. The number of nitrogens with zero attached hydrogens (tertiary/aromatic N) is 4. The lowest BCUT2D eigenvalue weighted by Crippen LogP contribution is -2.30. The number of nitrogens with one attached hydrogen (secondary N) is 2. The van der Waals surface area contributed by atoms with Gasteiger partial charge in [-0.05, 0) is 18.9 Å². The van der Waals surface area contributed by atoms with Crippen LogP contribution < -0.4 is 10.6 Å².